The van der Waals surface area contributed by atoms with Crippen LogP contribution in [-0.4, -0.2) is 7.05 Å². The van der Waals surface area contributed by atoms with Crippen LogP contribution in [0, 0.1) is 0 Å². The minimum absolute atomic E-state index is 1.20. The second-order valence-corrected chi connectivity index (χ2v) is 3.29. The Balaban J connectivity index is 2.17. The van der Waals surface area contributed by atoms with Crippen LogP contribution in [0.4, 0.5) is 5.69 Å². The van der Waals surface area contributed by atoms with Gasteiger partial charge in [0.25, 0.3) is 0 Å². The third kappa shape index (κ3) is 1.94. The summed E-state index contributed by atoms with van der Waals surface area (Å²) in [4.78, 5) is 2.12. The number of anilines is 1. The highest BCUT2D eigenvalue weighted by Crippen LogP contribution is 2.15. The van der Waals surface area contributed by atoms with Crippen LogP contribution in [-0.2, 0) is 0 Å². The minimum Gasteiger partial charge on any atom is -0.350 e. The summed E-state index contributed by atoms with van der Waals surface area (Å²) in [5, 5.41) is 0. The summed E-state index contributed by atoms with van der Waals surface area (Å²) in [6.07, 6.45) is 10.4. The van der Waals surface area contributed by atoms with Crippen molar-refractivity contribution in [3.05, 3.63) is 66.4 Å². The molecule has 0 saturated heterocycles. The normalized spacial score (nSPS) is 13.4. The van der Waals surface area contributed by atoms with Crippen molar-refractivity contribution in [2.75, 3.05) is 11.9 Å². The van der Waals surface area contributed by atoms with E-state index in [0.29, 0.717) is 0 Å². The van der Waals surface area contributed by atoms with Gasteiger partial charge < -0.3 is 4.90 Å². The van der Waals surface area contributed by atoms with Gasteiger partial charge in [0.1, 0.15) is 0 Å². The van der Waals surface area contributed by atoms with Crippen LogP contribution in [0.2, 0.25) is 0 Å². The summed E-state index contributed by atoms with van der Waals surface area (Å²) in [6.45, 7) is 0. The molecule has 1 nitrogen and oxygen atoms in total. The summed E-state index contributed by atoms with van der Waals surface area (Å²) in [5.41, 5.74) is 2.44. The fourth-order valence-electron chi connectivity index (χ4n) is 1.44. The Morgan fingerprint density at radius 1 is 1.00 bits per heavy atom. The van der Waals surface area contributed by atoms with Crippen molar-refractivity contribution in [1.29, 1.82) is 0 Å². The molecule has 0 spiro atoms. The largest absolute Gasteiger partial charge is 0.350 e. The van der Waals surface area contributed by atoms with E-state index in [-0.39, 0.29) is 0 Å². The number of para-hydroxylation sites is 1. The average molecular weight is 183 g/mol. The number of nitrogens with zero attached hydrogens (tertiary/aromatic N) is 1. The van der Waals surface area contributed by atoms with Gasteiger partial charge in [-0.1, -0.05) is 42.5 Å². The van der Waals surface area contributed by atoms with E-state index < -0.39 is 0 Å². The molecular weight excluding hydrogens is 170 g/mol. The summed E-state index contributed by atoms with van der Waals surface area (Å²) in [5.74, 6) is 0. The summed E-state index contributed by atoms with van der Waals surface area (Å²) >= 11 is 0. The smallest absolute Gasteiger partial charge is 0.0403 e. The standard InChI is InChI=1S/C13H13N/c1-14(11-12-7-5-6-8-12)13-9-3-2-4-10-13/h2-11H,1H3. The zero-order valence-electron chi connectivity index (χ0n) is 8.22. The van der Waals surface area contributed by atoms with Crippen LogP contribution in [0.5, 0.6) is 0 Å². The van der Waals surface area contributed by atoms with Crippen molar-refractivity contribution in [3.63, 3.8) is 0 Å². The second-order valence-electron chi connectivity index (χ2n) is 3.29. The zero-order valence-corrected chi connectivity index (χ0v) is 8.22. The van der Waals surface area contributed by atoms with Gasteiger partial charge in [-0.25, -0.2) is 0 Å². The first-order chi connectivity index (χ1) is 6.86. The lowest BCUT2D eigenvalue weighted by Crippen LogP contribution is -2.08. The van der Waals surface area contributed by atoms with Gasteiger partial charge in [0.15, 0.2) is 0 Å². The van der Waals surface area contributed by atoms with Gasteiger partial charge in [-0.3, -0.25) is 0 Å². The van der Waals surface area contributed by atoms with E-state index in [1.54, 1.807) is 0 Å². The molecule has 0 aliphatic heterocycles. The molecule has 0 radical (unpaired) electrons. The molecule has 0 N–H and O–H groups in total. The third-order valence-corrected chi connectivity index (χ3v) is 2.19. The fourth-order valence-corrected chi connectivity index (χ4v) is 1.44. The van der Waals surface area contributed by atoms with Gasteiger partial charge in [-0.05, 0) is 17.7 Å². The lowest BCUT2D eigenvalue weighted by Gasteiger charge is -2.14. The number of hydrogen-bond acceptors (Lipinski definition) is 1. The molecule has 0 bridgehead atoms. The monoisotopic (exact) mass is 183 g/mol. The molecule has 1 heteroatoms. The van der Waals surface area contributed by atoms with Crippen LogP contribution in [0.15, 0.2) is 66.4 Å². The summed E-state index contributed by atoms with van der Waals surface area (Å²) in [7, 11) is 2.06. The molecule has 70 valence electrons. The van der Waals surface area contributed by atoms with Crippen LogP contribution >= 0.6 is 0 Å². The van der Waals surface area contributed by atoms with Crippen molar-refractivity contribution < 1.29 is 0 Å². The van der Waals surface area contributed by atoms with E-state index in [1.807, 2.05) is 30.4 Å². The van der Waals surface area contributed by atoms with Gasteiger partial charge in [-0.15, -0.1) is 0 Å². The highest BCUT2D eigenvalue weighted by Gasteiger charge is 1.97. The Kier molecular flexibility index (Phi) is 2.50. The Hall–Kier alpha value is -1.76. The maximum atomic E-state index is 2.12. The van der Waals surface area contributed by atoms with E-state index in [0.717, 1.165) is 0 Å². The summed E-state index contributed by atoms with van der Waals surface area (Å²) < 4.78 is 0. The molecule has 1 aliphatic carbocycles. The van der Waals surface area contributed by atoms with Gasteiger partial charge >= 0.3 is 0 Å². The molecule has 1 aromatic carbocycles. The maximum absolute atomic E-state index is 2.12. The first kappa shape index (κ1) is 8.82. The minimum atomic E-state index is 1.20. The van der Waals surface area contributed by atoms with Crippen LogP contribution < -0.4 is 4.90 Å². The zero-order chi connectivity index (χ0) is 9.80. The van der Waals surface area contributed by atoms with E-state index >= 15 is 0 Å². The van der Waals surface area contributed by atoms with Crippen molar-refractivity contribution >= 4 is 5.69 Å². The molecule has 0 saturated carbocycles. The molecule has 1 aromatic rings. The topological polar surface area (TPSA) is 3.24 Å². The van der Waals surface area contributed by atoms with E-state index in [2.05, 4.69) is 42.4 Å². The highest BCUT2D eigenvalue weighted by atomic mass is 15.1. The first-order valence-electron chi connectivity index (χ1n) is 4.71. The number of benzene rings is 1. The number of hydrogen-bond donors (Lipinski definition) is 0. The Bertz CT molecular complexity index is 371. The third-order valence-electron chi connectivity index (χ3n) is 2.19. The molecule has 14 heavy (non-hydrogen) atoms. The molecular formula is C13H13N. The molecule has 0 unspecified atom stereocenters. The van der Waals surface area contributed by atoms with Crippen LogP contribution in [0.3, 0.4) is 0 Å². The Morgan fingerprint density at radius 3 is 2.29 bits per heavy atom. The highest BCUT2D eigenvalue weighted by molar-refractivity contribution is 5.51. The molecule has 0 amide bonds. The van der Waals surface area contributed by atoms with Gasteiger partial charge in [0.05, 0.1) is 0 Å². The molecule has 2 rings (SSSR count). The fraction of sp³-hybridized carbons (Fsp3) is 0.0769. The molecule has 0 atom stereocenters. The van der Waals surface area contributed by atoms with Gasteiger partial charge in [0.2, 0.25) is 0 Å². The van der Waals surface area contributed by atoms with Crippen molar-refractivity contribution in [1.82, 2.24) is 0 Å². The van der Waals surface area contributed by atoms with E-state index in [1.165, 1.54) is 11.3 Å². The van der Waals surface area contributed by atoms with Crippen LogP contribution in [0.1, 0.15) is 0 Å². The van der Waals surface area contributed by atoms with Crippen molar-refractivity contribution in [2.24, 2.45) is 0 Å². The molecule has 0 aromatic heterocycles. The average Bonchev–Trinajstić information content (AvgIpc) is 2.72. The SMILES string of the molecule is CN(C=C1C=CC=C1)c1ccccc1. The van der Waals surface area contributed by atoms with E-state index in [4.69, 9.17) is 0 Å². The Labute approximate surface area is 84.7 Å². The van der Waals surface area contributed by atoms with Gasteiger partial charge in [0, 0.05) is 18.9 Å². The maximum Gasteiger partial charge on any atom is 0.0403 e. The van der Waals surface area contributed by atoms with E-state index in [9.17, 15) is 0 Å². The predicted octanol–water partition coefficient (Wildman–Crippen LogP) is 3.13. The lowest BCUT2D eigenvalue weighted by atomic mass is 10.3. The predicted molar refractivity (Wildman–Crippen MR) is 61.2 cm³/mol. The second kappa shape index (κ2) is 3.97. The molecule has 1 aliphatic rings. The quantitative estimate of drug-likeness (QED) is 0.681. The van der Waals surface area contributed by atoms with Gasteiger partial charge in [-0.2, -0.15) is 0 Å². The Morgan fingerprint density at radius 2 is 1.64 bits per heavy atom. The first-order valence-corrected chi connectivity index (χ1v) is 4.71. The number of allylic oxidation sites excluding steroid dienone is 5. The van der Waals surface area contributed by atoms with Crippen molar-refractivity contribution in [2.45, 2.75) is 0 Å². The lowest BCUT2D eigenvalue weighted by molar-refractivity contribution is 1.19. The van der Waals surface area contributed by atoms with Crippen LogP contribution in [0.25, 0.3) is 0 Å². The summed E-state index contributed by atoms with van der Waals surface area (Å²) in [6, 6.07) is 10.3. The molecule has 0 heterocycles. The molecule has 0 fully saturated rings. The van der Waals surface area contributed by atoms with Crippen molar-refractivity contribution in [3.8, 4) is 0 Å². The number of rotatable bonds is 2.